The van der Waals surface area contributed by atoms with Crippen LogP contribution in [0.25, 0.3) is 0 Å². The SMILES string of the molecule is CC1(NC2=CC(=O)CC2)CCC1. The maximum atomic E-state index is 10.9. The quantitative estimate of drug-likeness (QED) is 0.675. The van der Waals surface area contributed by atoms with E-state index in [1.165, 1.54) is 19.3 Å². The largest absolute Gasteiger partial charge is 0.383 e. The second kappa shape index (κ2) is 2.61. The van der Waals surface area contributed by atoms with E-state index in [-0.39, 0.29) is 5.78 Å². The van der Waals surface area contributed by atoms with Crippen LogP contribution in [0.3, 0.4) is 0 Å². The lowest BCUT2D eigenvalue weighted by Crippen LogP contribution is -2.47. The zero-order valence-electron chi connectivity index (χ0n) is 7.52. The number of carbonyl (C=O) groups excluding carboxylic acids is 1. The smallest absolute Gasteiger partial charge is 0.157 e. The molecule has 0 spiro atoms. The van der Waals surface area contributed by atoms with Crippen molar-refractivity contribution in [2.75, 3.05) is 0 Å². The summed E-state index contributed by atoms with van der Waals surface area (Å²) in [5, 5.41) is 3.46. The fraction of sp³-hybridized carbons (Fsp3) is 0.700. The van der Waals surface area contributed by atoms with Gasteiger partial charge in [0.05, 0.1) is 0 Å². The fourth-order valence-corrected chi connectivity index (χ4v) is 1.91. The first-order valence-corrected chi connectivity index (χ1v) is 4.70. The average Bonchev–Trinajstić information content (AvgIpc) is 2.32. The molecular weight excluding hydrogens is 150 g/mol. The Balaban J connectivity index is 1.94. The molecule has 2 rings (SSSR count). The van der Waals surface area contributed by atoms with Crippen molar-refractivity contribution in [3.63, 3.8) is 0 Å². The van der Waals surface area contributed by atoms with Crippen LogP contribution in [0.2, 0.25) is 0 Å². The van der Waals surface area contributed by atoms with Gasteiger partial charge in [-0.1, -0.05) is 0 Å². The number of nitrogens with one attached hydrogen (secondary N) is 1. The highest BCUT2D eigenvalue weighted by atomic mass is 16.1. The zero-order valence-corrected chi connectivity index (χ0v) is 7.52. The summed E-state index contributed by atoms with van der Waals surface area (Å²) in [4.78, 5) is 10.9. The van der Waals surface area contributed by atoms with Crippen LogP contribution in [-0.4, -0.2) is 11.3 Å². The summed E-state index contributed by atoms with van der Waals surface area (Å²) >= 11 is 0. The minimum Gasteiger partial charge on any atom is -0.383 e. The van der Waals surface area contributed by atoms with E-state index in [4.69, 9.17) is 0 Å². The van der Waals surface area contributed by atoms with Crippen molar-refractivity contribution in [3.05, 3.63) is 11.8 Å². The third kappa shape index (κ3) is 1.38. The molecule has 2 aliphatic carbocycles. The molecule has 66 valence electrons. The number of allylic oxidation sites excluding steroid dienone is 2. The molecule has 0 bridgehead atoms. The second-order valence-electron chi connectivity index (χ2n) is 4.18. The number of hydrogen-bond acceptors (Lipinski definition) is 2. The molecule has 0 aromatic heterocycles. The minimum atomic E-state index is 0.278. The topological polar surface area (TPSA) is 29.1 Å². The first-order valence-electron chi connectivity index (χ1n) is 4.70. The Bertz CT molecular complexity index is 238. The summed E-state index contributed by atoms with van der Waals surface area (Å²) in [6.45, 7) is 2.24. The van der Waals surface area contributed by atoms with Crippen molar-refractivity contribution >= 4 is 5.78 Å². The standard InChI is InChI=1S/C10H15NO/c1-10(5-2-6-10)11-8-3-4-9(12)7-8/h7,11H,2-6H2,1H3. The molecule has 0 amide bonds. The van der Waals surface area contributed by atoms with E-state index in [0.717, 1.165) is 12.1 Å². The molecule has 0 heterocycles. The number of rotatable bonds is 2. The molecule has 0 radical (unpaired) electrons. The molecule has 2 nitrogen and oxygen atoms in total. The van der Waals surface area contributed by atoms with Crippen LogP contribution in [-0.2, 0) is 4.79 Å². The van der Waals surface area contributed by atoms with Gasteiger partial charge in [0.25, 0.3) is 0 Å². The lowest BCUT2D eigenvalue weighted by Gasteiger charge is -2.40. The van der Waals surface area contributed by atoms with Gasteiger partial charge in [0.15, 0.2) is 5.78 Å². The Morgan fingerprint density at radius 1 is 1.42 bits per heavy atom. The van der Waals surface area contributed by atoms with Gasteiger partial charge in [-0.05, 0) is 32.6 Å². The molecule has 12 heavy (non-hydrogen) atoms. The van der Waals surface area contributed by atoms with Crippen LogP contribution in [0, 0.1) is 0 Å². The van der Waals surface area contributed by atoms with Crippen molar-refractivity contribution in [2.45, 2.75) is 44.6 Å². The number of hydrogen-bond donors (Lipinski definition) is 1. The number of ketones is 1. The summed E-state index contributed by atoms with van der Waals surface area (Å²) in [7, 11) is 0. The van der Waals surface area contributed by atoms with E-state index >= 15 is 0 Å². The van der Waals surface area contributed by atoms with Crippen LogP contribution >= 0.6 is 0 Å². The van der Waals surface area contributed by atoms with E-state index in [1.807, 2.05) is 0 Å². The maximum Gasteiger partial charge on any atom is 0.157 e. The van der Waals surface area contributed by atoms with Gasteiger partial charge >= 0.3 is 0 Å². The highest BCUT2D eigenvalue weighted by Gasteiger charge is 2.32. The first-order chi connectivity index (χ1) is 5.68. The van der Waals surface area contributed by atoms with Crippen molar-refractivity contribution in [1.82, 2.24) is 5.32 Å². The molecule has 0 atom stereocenters. The van der Waals surface area contributed by atoms with E-state index in [1.54, 1.807) is 6.08 Å². The minimum absolute atomic E-state index is 0.278. The molecule has 0 aromatic rings. The van der Waals surface area contributed by atoms with Gasteiger partial charge in [0.2, 0.25) is 0 Å². The molecule has 2 aliphatic rings. The molecule has 2 heteroatoms. The van der Waals surface area contributed by atoms with Crippen LogP contribution in [0.5, 0.6) is 0 Å². The summed E-state index contributed by atoms with van der Waals surface area (Å²) in [5.74, 6) is 0.278. The highest BCUT2D eigenvalue weighted by Crippen LogP contribution is 2.33. The van der Waals surface area contributed by atoms with Crippen LogP contribution in [0.4, 0.5) is 0 Å². The summed E-state index contributed by atoms with van der Waals surface area (Å²) < 4.78 is 0. The normalized spacial score (nSPS) is 26.4. The van der Waals surface area contributed by atoms with Crippen molar-refractivity contribution in [3.8, 4) is 0 Å². The molecule has 0 saturated heterocycles. The van der Waals surface area contributed by atoms with Crippen LogP contribution < -0.4 is 5.32 Å². The Kier molecular flexibility index (Phi) is 1.71. The Morgan fingerprint density at radius 3 is 2.58 bits per heavy atom. The molecule has 1 saturated carbocycles. The molecule has 0 aliphatic heterocycles. The summed E-state index contributed by atoms with van der Waals surface area (Å²) in [6, 6.07) is 0. The predicted octanol–water partition coefficient (Wildman–Crippen LogP) is 1.77. The van der Waals surface area contributed by atoms with Gasteiger partial charge in [-0.3, -0.25) is 4.79 Å². The highest BCUT2D eigenvalue weighted by molar-refractivity contribution is 5.92. The van der Waals surface area contributed by atoms with Crippen molar-refractivity contribution < 1.29 is 4.79 Å². The predicted molar refractivity (Wildman–Crippen MR) is 47.7 cm³/mol. The molecule has 0 unspecified atom stereocenters. The van der Waals surface area contributed by atoms with Crippen molar-refractivity contribution in [1.29, 1.82) is 0 Å². The Morgan fingerprint density at radius 2 is 2.17 bits per heavy atom. The Labute approximate surface area is 73.0 Å². The monoisotopic (exact) mass is 165 g/mol. The van der Waals surface area contributed by atoms with E-state index in [0.29, 0.717) is 12.0 Å². The first kappa shape index (κ1) is 7.84. The van der Waals surface area contributed by atoms with Gasteiger partial charge in [-0.25, -0.2) is 0 Å². The third-order valence-electron chi connectivity index (χ3n) is 2.90. The fourth-order valence-electron chi connectivity index (χ4n) is 1.91. The molecule has 0 aromatic carbocycles. The summed E-state index contributed by atoms with van der Waals surface area (Å²) in [5.41, 5.74) is 1.46. The summed E-state index contributed by atoms with van der Waals surface area (Å²) in [6.07, 6.45) is 7.22. The molecular formula is C10H15NO. The van der Waals surface area contributed by atoms with E-state index < -0.39 is 0 Å². The molecule has 1 fully saturated rings. The van der Waals surface area contributed by atoms with Crippen LogP contribution in [0.15, 0.2) is 11.8 Å². The van der Waals surface area contributed by atoms with Gasteiger partial charge < -0.3 is 5.32 Å². The molecule has 1 N–H and O–H groups in total. The number of carbonyl (C=O) groups is 1. The third-order valence-corrected chi connectivity index (χ3v) is 2.90. The lowest BCUT2D eigenvalue weighted by molar-refractivity contribution is -0.114. The van der Waals surface area contributed by atoms with Gasteiger partial charge in [-0.15, -0.1) is 0 Å². The average molecular weight is 165 g/mol. The van der Waals surface area contributed by atoms with Crippen molar-refractivity contribution in [2.24, 2.45) is 0 Å². The lowest BCUT2D eigenvalue weighted by atomic mass is 9.78. The van der Waals surface area contributed by atoms with Gasteiger partial charge in [0.1, 0.15) is 0 Å². The van der Waals surface area contributed by atoms with Gasteiger partial charge in [0, 0.05) is 23.7 Å². The second-order valence-corrected chi connectivity index (χ2v) is 4.18. The van der Waals surface area contributed by atoms with Gasteiger partial charge in [-0.2, -0.15) is 0 Å². The van der Waals surface area contributed by atoms with Crippen LogP contribution in [0.1, 0.15) is 39.0 Å². The maximum absolute atomic E-state index is 10.9. The zero-order chi connectivity index (χ0) is 8.60. The van der Waals surface area contributed by atoms with E-state index in [2.05, 4.69) is 12.2 Å². The van der Waals surface area contributed by atoms with E-state index in [9.17, 15) is 4.79 Å². The Hall–Kier alpha value is -0.790.